The third-order valence-electron chi connectivity index (χ3n) is 3.98. The van der Waals surface area contributed by atoms with Crippen LogP contribution in [0.3, 0.4) is 0 Å². The highest BCUT2D eigenvalue weighted by Gasteiger charge is 2.14. The van der Waals surface area contributed by atoms with Crippen LogP contribution in [0, 0.1) is 0 Å². The largest absolute Gasteiger partial charge is 0.493 e. The number of amides is 2. The number of nitrogens with one attached hydrogen (secondary N) is 1. The van der Waals surface area contributed by atoms with Gasteiger partial charge in [-0.15, -0.1) is 11.3 Å². The van der Waals surface area contributed by atoms with Gasteiger partial charge in [0, 0.05) is 31.9 Å². The Morgan fingerprint density at radius 2 is 2.20 bits per heavy atom. The highest BCUT2D eigenvalue weighted by molar-refractivity contribution is 9.10. The Labute approximate surface area is 185 Å². The second-order valence-corrected chi connectivity index (χ2v) is 8.13. The molecule has 0 aliphatic carbocycles. The Morgan fingerprint density at radius 3 is 2.90 bits per heavy atom. The number of fused-ring (bicyclic) bond motifs is 1. The van der Waals surface area contributed by atoms with E-state index in [2.05, 4.69) is 31.4 Å². The number of benzene rings is 1. The first-order chi connectivity index (χ1) is 14.4. The molecule has 2 aromatic heterocycles. The smallest absolute Gasteiger partial charge is 0.259 e. The minimum absolute atomic E-state index is 0.114. The molecule has 0 atom stereocenters. The van der Waals surface area contributed by atoms with Crippen LogP contribution in [0.25, 0.3) is 4.96 Å². The summed E-state index contributed by atoms with van der Waals surface area (Å²) in [5.74, 6) is 0.399. The zero-order chi connectivity index (χ0) is 21.7. The van der Waals surface area contributed by atoms with E-state index < -0.39 is 0 Å². The van der Waals surface area contributed by atoms with E-state index in [-0.39, 0.29) is 24.8 Å². The fourth-order valence-electron chi connectivity index (χ4n) is 2.46. The molecule has 0 unspecified atom stereocenters. The number of halogens is 1. The van der Waals surface area contributed by atoms with Gasteiger partial charge in [-0.1, -0.05) is 0 Å². The second-order valence-electron chi connectivity index (χ2n) is 6.41. The van der Waals surface area contributed by atoms with E-state index in [1.165, 1.54) is 29.6 Å². The summed E-state index contributed by atoms with van der Waals surface area (Å²) in [4.78, 5) is 30.5. The van der Waals surface area contributed by atoms with Crippen molar-refractivity contribution in [2.24, 2.45) is 5.10 Å². The second kappa shape index (κ2) is 9.72. The normalized spacial score (nSPS) is 11.1. The number of nitrogens with zero attached hydrogens (tertiary/aromatic N) is 4. The maximum absolute atomic E-state index is 12.1. The van der Waals surface area contributed by atoms with Crippen LogP contribution in [0.15, 0.2) is 39.5 Å². The molecule has 0 saturated heterocycles. The first kappa shape index (κ1) is 21.8. The Hall–Kier alpha value is -2.92. The van der Waals surface area contributed by atoms with E-state index in [0.717, 1.165) is 4.96 Å². The number of carbonyl (C=O) groups excluding carboxylic acids is 2. The fourth-order valence-corrected chi connectivity index (χ4v) is 3.75. The van der Waals surface area contributed by atoms with E-state index in [9.17, 15) is 9.59 Å². The number of ether oxygens (including phenoxy) is 2. The summed E-state index contributed by atoms with van der Waals surface area (Å²) in [5, 5.41) is 5.92. The first-order valence-corrected chi connectivity index (χ1v) is 10.5. The number of aromatic nitrogens is 2. The highest BCUT2D eigenvalue weighted by atomic mass is 79.9. The lowest BCUT2D eigenvalue weighted by Gasteiger charge is -2.15. The summed E-state index contributed by atoms with van der Waals surface area (Å²) in [6.45, 7) is -0.114. The maximum Gasteiger partial charge on any atom is 0.259 e. The Bertz CT molecular complexity index is 1060. The molecule has 158 valence electrons. The number of imidazole rings is 1. The molecular formula is C19H20BrN5O4S. The van der Waals surface area contributed by atoms with Crippen LogP contribution in [0.2, 0.25) is 0 Å². The van der Waals surface area contributed by atoms with Gasteiger partial charge in [0.15, 0.2) is 23.1 Å². The minimum Gasteiger partial charge on any atom is -0.493 e. The summed E-state index contributed by atoms with van der Waals surface area (Å²) in [6, 6.07) is 3.44. The average Bonchev–Trinajstić information content (AvgIpc) is 3.28. The van der Waals surface area contributed by atoms with Gasteiger partial charge in [-0.25, -0.2) is 10.4 Å². The predicted molar refractivity (Wildman–Crippen MR) is 117 cm³/mol. The van der Waals surface area contributed by atoms with Gasteiger partial charge in [0.2, 0.25) is 5.91 Å². The molecule has 0 aliphatic heterocycles. The van der Waals surface area contributed by atoms with Crippen molar-refractivity contribution in [2.75, 3.05) is 27.8 Å². The molecule has 0 spiro atoms. The Morgan fingerprint density at radius 1 is 1.40 bits per heavy atom. The van der Waals surface area contributed by atoms with Crippen molar-refractivity contribution in [1.29, 1.82) is 0 Å². The van der Waals surface area contributed by atoms with Crippen LogP contribution in [0.5, 0.6) is 11.5 Å². The molecule has 3 rings (SSSR count). The van der Waals surface area contributed by atoms with E-state index in [0.29, 0.717) is 27.2 Å². The topological polar surface area (TPSA) is 97.5 Å². The van der Waals surface area contributed by atoms with E-state index in [1.807, 2.05) is 22.2 Å². The van der Waals surface area contributed by atoms with Gasteiger partial charge in [0.1, 0.15) is 0 Å². The lowest BCUT2D eigenvalue weighted by molar-refractivity contribution is -0.130. The van der Waals surface area contributed by atoms with Crippen LogP contribution in [-0.2, 0) is 16.0 Å². The number of hydrogen-bond acceptors (Lipinski definition) is 7. The fraction of sp³-hybridized carbons (Fsp3) is 0.263. The van der Waals surface area contributed by atoms with Gasteiger partial charge < -0.3 is 14.4 Å². The third kappa shape index (κ3) is 5.36. The van der Waals surface area contributed by atoms with Crippen molar-refractivity contribution >= 4 is 50.3 Å². The SMILES string of the molecule is COc1cc(C=NNC(=O)Cc2cn3ccsc3n2)cc(Br)c1OCC(=O)N(C)C. The molecule has 1 N–H and O–H groups in total. The summed E-state index contributed by atoms with van der Waals surface area (Å²) < 4.78 is 13.4. The molecule has 0 bridgehead atoms. The minimum atomic E-state index is -0.273. The molecule has 2 heterocycles. The van der Waals surface area contributed by atoms with Crippen LogP contribution < -0.4 is 14.9 Å². The summed E-state index contributed by atoms with van der Waals surface area (Å²) in [7, 11) is 4.81. The van der Waals surface area contributed by atoms with Gasteiger partial charge in [-0.05, 0) is 33.6 Å². The molecular weight excluding hydrogens is 474 g/mol. The number of hydrogen-bond donors (Lipinski definition) is 1. The van der Waals surface area contributed by atoms with Crippen molar-refractivity contribution in [3.63, 3.8) is 0 Å². The zero-order valence-electron chi connectivity index (χ0n) is 16.6. The van der Waals surface area contributed by atoms with Crippen molar-refractivity contribution in [1.82, 2.24) is 19.7 Å². The van der Waals surface area contributed by atoms with Gasteiger partial charge in [-0.3, -0.25) is 14.0 Å². The molecule has 2 amide bonds. The van der Waals surface area contributed by atoms with Crippen LogP contribution >= 0.6 is 27.3 Å². The van der Waals surface area contributed by atoms with Gasteiger partial charge in [-0.2, -0.15) is 5.10 Å². The van der Waals surface area contributed by atoms with Crippen molar-refractivity contribution in [3.05, 3.63) is 45.6 Å². The third-order valence-corrected chi connectivity index (χ3v) is 5.34. The molecule has 30 heavy (non-hydrogen) atoms. The Kier molecular flexibility index (Phi) is 7.06. The number of hydrazone groups is 1. The monoisotopic (exact) mass is 493 g/mol. The predicted octanol–water partition coefficient (Wildman–Crippen LogP) is 2.33. The van der Waals surface area contributed by atoms with E-state index in [4.69, 9.17) is 9.47 Å². The zero-order valence-corrected chi connectivity index (χ0v) is 19.0. The van der Waals surface area contributed by atoms with Crippen molar-refractivity contribution in [3.8, 4) is 11.5 Å². The first-order valence-electron chi connectivity index (χ1n) is 8.81. The van der Waals surface area contributed by atoms with Crippen molar-refractivity contribution in [2.45, 2.75) is 6.42 Å². The number of methoxy groups -OCH3 is 1. The molecule has 9 nitrogen and oxygen atoms in total. The number of rotatable bonds is 8. The van der Waals surface area contributed by atoms with Gasteiger partial charge in [0.05, 0.1) is 29.9 Å². The molecule has 0 aliphatic rings. The summed E-state index contributed by atoms with van der Waals surface area (Å²) in [6.07, 6.45) is 5.33. The van der Waals surface area contributed by atoms with Gasteiger partial charge >= 0.3 is 0 Å². The number of thiazole rings is 1. The van der Waals surface area contributed by atoms with Crippen molar-refractivity contribution < 1.29 is 19.1 Å². The highest BCUT2D eigenvalue weighted by Crippen LogP contribution is 2.36. The quantitative estimate of drug-likeness (QED) is 0.383. The maximum atomic E-state index is 12.1. The van der Waals surface area contributed by atoms with Crippen LogP contribution in [0.4, 0.5) is 0 Å². The summed E-state index contributed by atoms with van der Waals surface area (Å²) >= 11 is 4.92. The van der Waals surface area contributed by atoms with E-state index >= 15 is 0 Å². The molecule has 3 aromatic rings. The molecule has 1 aromatic carbocycles. The lowest BCUT2D eigenvalue weighted by Crippen LogP contribution is -2.27. The number of carbonyl (C=O) groups is 2. The molecule has 0 fully saturated rings. The van der Waals surface area contributed by atoms with Gasteiger partial charge in [0.25, 0.3) is 5.91 Å². The van der Waals surface area contributed by atoms with Crippen LogP contribution in [-0.4, -0.2) is 60.1 Å². The number of likely N-dealkylation sites (N-methyl/N-ethyl adjacent to an activating group) is 1. The molecule has 0 saturated carbocycles. The average molecular weight is 494 g/mol. The molecule has 11 heteroatoms. The molecule has 0 radical (unpaired) electrons. The summed E-state index contributed by atoms with van der Waals surface area (Å²) in [5.41, 5.74) is 3.84. The Balaban J connectivity index is 1.61. The lowest BCUT2D eigenvalue weighted by atomic mass is 10.2. The van der Waals surface area contributed by atoms with Crippen LogP contribution in [0.1, 0.15) is 11.3 Å². The van der Waals surface area contributed by atoms with E-state index in [1.54, 1.807) is 26.2 Å². The standard InChI is InChI=1S/C19H20BrN5O4S/c1-24(2)17(27)11-29-18-14(20)6-12(7-15(18)28-3)9-21-23-16(26)8-13-10-25-4-5-30-19(25)22-13/h4-7,9-10H,8,11H2,1-3H3,(H,23,26).